The number of nitrogens with one attached hydrogen (secondary N) is 1. The third-order valence-corrected chi connectivity index (χ3v) is 6.17. The molecular weight excluding hydrogens is 444 g/mol. The lowest BCUT2D eigenvalue weighted by molar-refractivity contribution is -0.125. The van der Waals surface area contributed by atoms with Gasteiger partial charge in [0.2, 0.25) is 5.91 Å². The number of piperidine rings is 1. The maximum atomic E-state index is 13.0. The predicted octanol–water partition coefficient (Wildman–Crippen LogP) is 3.71. The summed E-state index contributed by atoms with van der Waals surface area (Å²) in [7, 11) is 0. The number of nitrogens with zero attached hydrogens (tertiary/aromatic N) is 3. The van der Waals surface area contributed by atoms with Crippen LogP contribution in [0.2, 0.25) is 0 Å². The van der Waals surface area contributed by atoms with Gasteiger partial charge in [0.25, 0.3) is 5.56 Å². The number of carbonyl (C=O) groups excluding carboxylic acids is 1. The summed E-state index contributed by atoms with van der Waals surface area (Å²) >= 11 is 3.45. The second kappa shape index (κ2) is 9.00. The van der Waals surface area contributed by atoms with Crippen molar-refractivity contribution in [2.24, 2.45) is 5.92 Å². The van der Waals surface area contributed by atoms with Crippen LogP contribution in [-0.2, 0) is 17.9 Å². The van der Waals surface area contributed by atoms with Gasteiger partial charge in [-0.3, -0.25) is 9.59 Å². The lowest BCUT2D eigenvalue weighted by Crippen LogP contribution is -2.43. The predicted molar refractivity (Wildman–Crippen MR) is 123 cm³/mol. The molecule has 2 aromatic carbocycles. The van der Waals surface area contributed by atoms with Crippen molar-refractivity contribution >= 4 is 38.7 Å². The van der Waals surface area contributed by atoms with Gasteiger partial charge < -0.3 is 14.8 Å². The van der Waals surface area contributed by atoms with E-state index >= 15 is 0 Å². The van der Waals surface area contributed by atoms with Crippen LogP contribution in [0.1, 0.15) is 25.3 Å². The molecule has 1 fully saturated rings. The van der Waals surface area contributed by atoms with Crippen LogP contribution in [0.5, 0.6) is 0 Å². The number of anilines is 1. The molecule has 0 unspecified atom stereocenters. The van der Waals surface area contributed by atoms with Crippen LogP contribution in [0.25, 0.3) is 11.0 Å². The highest BCUT2D eigenvalue weighted by atomic mass is 79.9. The first-order valence-corrected chi connectivity index (χ1v) is 11.1. The molecule has 0 atom stereocenters. The SMILES string of the molecule is CCn1c(=O)c(N2CCC(C(=O)NCc3cccc(Br)c3)CC2)nc2ccccc21. The third kappa shape index (κ3) is 4.26. The van der Waals surface area contributed by atoms with Crippen molar-refractivity contribution in [2.75, 3.05) is 18.0 Å². The quantitative estimate of drug-likeness (QED) is 0.619. The molecular formula is C23H25BrN4O2. The Kier molecular flexibility index (Phi) is 6.18. The minimum atomic E-state index is -0.0613. The standard InChI is InChI=1S/C23H25BrN4O2/c1-2-28-20-9-4-3-8-19(20)26-21(23(28)30)27-12-10-17(11-13-27)22(29)25-15-16-6-5-7-18(24)14-16/h3-9,14,17H,2,10-13,15H2,1H3,(H,25,29). The smallest absolute Gasteiger partial charge is 0.293 e. The summed E-state index contributed by atoms with van der Waals surface area (Å²) in [5, 5.41) is 3.04. The third-order valence-electron chi connectivity index (χ3n) is 5.67. The average molecular weight is 469 g/mol. The molecule has 1 aromatic heterocycles. The maximum absolute atomic E-state index is 13.0. The van der Waals surface area contributed by atoms with Gasteiger partial charge in [0.1, 0.15) is 0 Å². The monoisotopic (exact) mass is 468 g/mol. The number of aromatic nitrogens is 2. The van der Waals surface area contributed by atoms with Gasteiger partial charge in [-0.05, 0) is 49.6 Å². The zero-order valence-corrected chi connectivity index (χ0v) is 18.6. The number of halogens is 1. The highest BCUT2D eigenvalue weighted by molar-refractivity contribution is 9.10. The van der Waals surface area contributed by atoms with E-state index in [-0.39, 0.29) is 17.4 Å². The molecule has 0 aliphatic carbocycles. The molecule has 156 valence electrons. The van der Waals surface area contributed by atoms with E-state index in [0.29, 0.717) is 44.8 Å². The van der Waals surface area contributed by atoms with Crippen molar-refractivity contribution in [2.45, 2.75) is 32.9 Å². The summed E-state index contributed by atoms with van der Waals surface area (Å²) < 4.78 is 2.78. The highest BCUT2D eigenvalue weighted by Gasteiger charge is 2.27. The Morgan fingerprint density at radius 2 is 1.93 bits per heavy atom. The fourth-order valence-electron chi connectivity index (χ4n) is 4.03. The molecule has 1 aliphatic heterocycles. The van der Waals surface area contributed by atoms with Gasteiger partial charge in [0, 0.05) is 36.6 Å². The second-order valence-corrected chi connectivity index (χ2v) is 8.50. The van der Waals surface area contributed by atoms with Gasteiger partial charge in [-0.15, -0.1) is 0 Å². The van der Waals surface area contributed by atoms with Crippen molar-refractivity contribution in [1.82, 2.24) is 14.9 Å². The normalized spacial score (nSPS) is 14.8. The molecule has 4 rings (SSSR count). The van der Waals surface area contributed by atoms with Crippen LogP contribution in [-0.4, -0.2) is 28.5 Å². The summed E-state index contributed by atoms with van der Waals surface area (Å²) in [5.41, 5.74) is 2.68. The highest BCUT2D eigenvalue weighted by Crippen LogP contribution is 2.22. The Bertz CT molecular complexity index is 1120. The number of carbonyl (C=O) groups is 1. The second-order valence-electron chi connectivity index (χ2n) is 7.58. The number of hydrogen-bond acceptors (Lipinski definition) is 4. The molecule has 1 aliphatic rings. The van der Waals surface area contributed by atoms with Gasteiger partial charge in [-0.25, -0.2) is 4.98 Å². The Hall–Kier alpha value is -2.67. The number of hydrogen-bond donors (Lipinski definition) is 1. The van der Waals surface area contributed by atoms with Crippen molar-refractivity contribution in [3.8, 4) is 0 Å². The summed E-state index contributed by atoms with van der Waals surface area (Å²) in [6.07, 6.45) is 1.43. The van der Waals surface area contributed by atoms with Gasteiger partial charge in [-0.2, -0.15) is 0 Å². The Morgan fingerprint density at radius 3 is 2.67 bits per heavy atom. The van der Waals surface area contributed by atoms with E-state index in [9.17, 15) is 9.59 Å². The van der Waals surface area contributed by atoms with E-state index < -0.39 is 0 Å². The minimum Gasteiger partial charge on any atom is -0.352 e. The van der Waals surface area contributed by atoms with Gasteiger partial charge in [-0.1, -0.05) is 40.2 Å². The van der Waals surface area contributed by atoms with Crippen LogP contribution in [0.3, 0.4) is 0 Å². The molecule has 30 heavy (non-hydrogen) atoms. The number of benzene rings is 2. The first-order chi connectivity index (χ1) is 14.6. The average Bonchev–Trinajstić information content (AvgIpc) is 2.77. The van der Waals surface area contributed by atoms with E-state index in [1.165, 1.54) is 0 Å². The number of aryl methyl sites for hydroxylation is 1. The number of rotatable bonds is 5. The van der Waals surface area contributed by atoms with Crippen LogP contribution >= 0.6 is 15.9 Å². The fourth-order valence-corrected chi connectivity index (χ4v) is 4.48. The molecule has 1 N–H and O–H groups in total. The van der Waals surface area contributed by atoms with Crippen molar-refractivity contribution in [3.63, 3.8) is 0 Å². The Labute approximate surface area is 184 Å². The first-order valence-electron chi connectivity index (χ1n) is 10.3. The molecule has 3 aromatic rings. The zero-order valence-electron chi connectivity index (χ0n) is 17.0. The molecule has 0 spiro atoms. The zero-order chi connectivity index (χ0) is 21.1. The lowest BCUT2D eigenvalue weighted by Gasteiger charge is -2.32. The number of amides is 1. The van der Waals surface area contributed by atoms with E-state index in [0.717, 1.165) is 21.1 Å². The molecule has 1 saturated heterocycles. The number of para-hydroxylation sites is 2. The van der Waals surface area contributed by atoms with Crippen molar-refractivity contribution < 1.29 is 4.79 Å². The Morgan fingerprint density at radius 1 is 1.17 bits per heavy atom. The lowest BCUT2D eigenvalue weighted by atomic mass is 9.96. The largest absolute Gasteiger partial charge is 0.352 e. The number of fused-ring (bicyclic) bond motifs is 1. The minimum absolute atomic E-state index is 0.0396. The molecule has 2 heterocycles. The van der Waals surface area contributed by atoms with E-state index in [4.69, 9.17) is 0 Å². The summed E-state index contributed by atoms with van der Waals surface area (Å²) in [5.74, 6) is 0.526. The van der Waals surface area contributed by atoms with Crippen LogP contribution in [0.4, 0.5) is 5.82 Å². The Balaban J connectivity index is 1.42. The topological polar surface area (TPSA) is 67.2 Å². The summed E-state index contributed by atoms with van der Waals surface area (Å²) in [4.78, 5) is 32.3. The van der Waals surface area contributed by atoms with Crippen LogP contribution < -0.4 is 15.8 Å². The van der Waals surface area contributed by atoms with Crippen LogP contribution in [0.15, 0.2) is 57.8 Å². The van der Waals surface area contributed by atoms with Crippen molar-refractivity contribution in [3.05, 3.63) is 68.9 Å². The molecule has 1 amide bonds. The molecule has 7 heteroatoms. The molecule has 6 nitrogen and oxygen atoms in total. The first kappa shape index (κ1) is 20.6. The maximum Gasteiger partial charge on any atom is 0.293 e. The molecule has 0 radical (unpaired) electrons. The van der Waals surface area contributed by atoms with Crippen LogP contribution in [0, 0.1) is 5.92 Å². The van der Waals surface area contributed by atoms with Crippen molar-refractivity contribution in [1.29, 1.82) is 0 Å². The summed E-state index contributed by atoms with van der Waals surface area (Å²) in [6, 6.07) is 15.7. The van der Waals surface area contributed by atoms with Gasteiger partial charge >= 0.3 is 0 Å². The van der Waals surface area contributed by atoms with E-state index in [1.807, 2.05) is 60.4 Å². The fraction of sp³-hybridized carbons (Fsp3) is 0.348. The molecule has 0 saturated carbocycles. The molecule has 0 bridgehead atoms. The van der Waals surface area contributed by atoms with E-state index in [1.54, 1.807) is 4.57 Å². The van der Waals surface area contributed by atoms with Gasteiger partial charge in [0.15, 0.2) is 5.82 Å². The van der Waals surface area contributed by atoms with E-state index in [2.05, 4.69) is 26.2 Å². The van der Waals surface area contributed by atoms with Gasteiger partial charge in [0.05, 0.1) is 11.0 Å². The summed E-state index contributed by atoms with van der Waals surface area (Å²) in [6.45, 7) is 4.40.